The van der Waals surface area contributed by atoms with Crippen molar-refractivity contribution in [2.45, 2.75) is 5.92 Å². The molecule has 0 spiro atoms. The van der Waals surface area contributed by atoms with Crippen LogP contribution in [-0.4, -0.2) is 12.6 Å². The van der Waals surface area contributed by atoms with Crippen LogP contribution >= 0.6 is 0 Å². The summed E-state index contributed by atoms with van der Waals surface area (Å²) in [5.74, 6) is -0.929. The number of nitriles is 1. The van der Waals surface area contributed by atoms with Crippen LogP contribution in [0, 0.1) is 11.3 Å². The summed E-state index contributed by atoms with van der Waals surface area (Å²) in [5, 5.41) is 8.90. The van der Waals surface area contributed by atoms with Gasteiger partial charge in [-0.3, -0.25) is 0 Å². The third-order valence-electron chi connectivity index (χ3n) is 1.92. The molecule has 1 atom stereocenters. The maximum absolute atomic E-state index is 10.8. The number of hydrogen-bond acceptors (Lipinski definition) is 3. The zero-order valence-electron chi connectivity index (χ0n) is 8.22. The number of carbonyl (C=O) groups excluding carboxylic acids is 1. The molecule has 1 unspecified atom stereocenters. The number of ether oxygens (including phenoxy) is 1. The summed E-state index contributed by atoms with van der Waals surface area (Å²) in [5.41, 5.74) is 0.844. The monoisotopic (exact) mass is 201 g/mol. The van der Waals surface area contributed by atoms with Crippen molar-refractivity contribution in [3.8, 4) is 6.07 Å². The molecule has 0 radical (unpaired) electrons. The van der Waals surface area contributed by atoms with Crippen molar-refractivity contribution in [2.24, 2.45) is 0 Å². The lowest BCUT2D eigenvalue weighted by atomic mass is 10.0. The highest BCUT2D eigenvalue weighted by Crippen LogP contribution is 2.14. The second-order valence-corrected chi connectivity index (χ2v) is 2.93. The van der Waals surface area contributed by atoms with Gasteiger partial charge in [0.1, 0.15) is 12.5 Å². The minimum atomic E-state index is -0.508. The van der Waals surface area contributed by atoms with E-state index in [-0.39, 0.29) is 6.61 Å². The first-order valence-electron chi connectivity index (χ1n) is 4.51. The van der Waals surface area contributed by atoms with Crippen LogP contribution in [0.4, 0.5) is 0 Å². The van der Waals surface area contributed by atoms with E-state index in [1.807, 2.05) is 30.3 Å². The van der Waals surface area contributed by atoms with Crippen LogP contribution < -0.4 is 0 Å². The Balaban J connectivity index is 2.62. The van der Waals surface area contributed by atoms with Gasteiger partial charge in [0.2, 0.25) is 0 Å². The highest BCUT2D eigenvalue weighted by molar-refractivity contribution is 5.81. The molecule has 0 aromatic heterocycles. The van der Waals surface area contributed by atoms with Crippen molar-refractivity contribution in [3.05, 3.63) is 48.6 Å². The molecular weight excluding hydrogens is 190 g/mol. The van der Waals surface area contributed by atoms with Crippen LogP contribution in [-0.2, 0) is 9.53 Å². The summed E-state index contributed by atoms with van der Waals surface area (Å²) in [7, 11) is 0. The Labute approximate surface area is 88.6 Å². The molecule has 0 heterocycles. The second kappa shape index (κ2) is 5.61. The molecule has 0 aliphatic rings. The number of benzene rings is 1. The van der Waals surface area contributed by atoms with Gasteiger partial charge in [0.25, 0.3) is 0 Å². The first-order valence-corrected chi connectivity index (χ1v) is 4.51. The van der Waals surface area contributed by atoms with Gasteiger partial charge in [-0.1, -0.05) is 36.9 Å². The van der Waals surface area contributed by atoms with Gasteiger partial charge in [0, 0.05) is 6.08 Å². The Kier molecular flexibility index (Phi) is 4.11. The first-order chi connectivity index (χ1) is 7.27. The van der Waals surface area contributed by atoms with E-state index in [0.29, 0.717) is 0 Å². The molecule has 0 N–H and O–H groups in total. The normalized spacial score (nSPS) is 11.1. The van der Waals surface area contributed by atoms with Gasteiger partial charge >= 0.3 is 5.97 Å². The zero-order valence-corrected chi connectivity index (χ0v) is 8.22. The van der Waals surface area contributed by atoms with Crippen LogP contribution in [0.1, 0.15) is 11.5 Å². The molecule has 0 amide bonds. The lowest BCUT2D eigenvalue weighted by molar-refractivity contribution is -0.137. The minimum absolute atomic E-state index is 0.0609. The molecule has 0 aliphatic heterocycles. The van der Waals surface area contributed by atoms with E-state index >= 15 is 0 Å². The van der Waals surface area contributed by atoms with Crippen molar-refractivity contribution in [1.29, 1.82) is 5.26 Å². The van der Waals surface area contributed by atoms with Crippen LogP contribution in [0.25, 0.3) is 0 Å². The molecular formula is C12H11NO2. The molecule has 3 heteroatoms. The highest BCUT2D eigenvalue weighted by atomic mass is 16.5. The Morgan fingerprint density at radius 1 is 1.53 bits per heavy atom. The average Bonchev–Trinajstić information content (AvgIpc) is 2.31. The molecule has 0 saturated heterocycles. The molecule has 1 rings (SSSR count). The number of rotatable bonds is 4. The molecule has 0 saturated carbocycles. The SMILES string of the molecule is C=CC(=O)OCC(C#N)c1ccccc1. The van der Waals surface area contributed by atoms with Gasteiger partial charge < -0.3 is 4.74 Å². The van der Waals surface area contributed by atoms with Crippen LogP contribution in [0.3, 0.4) is 0 Å². The van der Waals surface area contributed by atoms with Crippen LogP contribution in [0.2, 0.25) is 0 Å². The first kappa shape index (κ1) is 11.0. The van der Waals surface area contributed by atoms with Crippen molar-refractivity contribution in [1.82, 2.24) is 0 Å². The summed E-state index contributed by atoms with van der Waals surface area (Å²) >= 11 is 0. The summed E-state index contributed by atoms with van der Waals surface area (Å²) < 4.78 is 4.82. The molecule has 1 aromatic rings. The highest BCUT2D eigenvalue weighted by Gasteiger charge is 2.11. The summed E-state index contributed by atoms with van der Waals surface area (Å²) in [6.07, 6.45) is 1.08. The van der Waals surface area contributed by atoms with E-state index < -0.39 is 11.9 Å². The number of esters is 1. The van der Waals surface area contributed by atoms with E-state index in [1.54, 1.807) is 0 Å². The summed E-state index contributed by atoms with van der Waals surface area (Å²) in [4.78, 5) is 10.8. The Bertz CT molecular complexity index is 378. The third kappa shape index (κ3) is 3.28. The lowest BCUT2D eigenvalue weighted by Gasteiger charge is -2.08. The molecule has 1 aromatic carbocycles. The Morgan fingerprint density at radius 3 is 2.73 bits per heavy atom. The smallest absolute Gasteiger partial charge is 0.330 e. The van der Waals surface area contributed by atoms with E-state index in [2.05, 4.69) is 12.6 Å². The molecule has 0 bridgehead atoms. The maximum atomic E-state index is 10.8. The quantitative estimate of drug-likeness (QED) is 0.553. The number of hydrogen-bond donors (Lipinski definition) is 0. The predicted molar refractivity (Wildman–Crippen MR) is 56.0 cm³/mol. The van der Waals surface area contributed by atoms with Crippen molar-refractivity contribution >= 4 is 5.97 Å². The maximum Gasteiger partial charge on any atom is 0.330 e. The van der Waals surface area contributed by atoms with Gasteiger partial charge in [-0.2, -0.15) is 5.26 Å². The van der Waals surface area contributed by atoms with E-state index in [9.17, 15) is 4.79 Å². The molecule has 76 valence electrons. The molecule has 3 nitrogen and oxygen atoms in total. The summed E-state index contributed by atoms with van der Waals surface area (Å²) in [6, 6.07) is 11.3. The molecule has 15 heavy (non-hydrogen) atoms. The Morgan fingerprint density at radius 2 is 2.20 bits per heavy atom. The standard InChI is InChI=1S/C12H11NO2/c1-2-12(14)15-9-11(8-13)10-6-4-3-5-7-10/h2-7,11H,1,9H2. The van der Waals surface area contributed by atoms with Gasteiger partial charge in [-0.05, 0) is 5.56 Å². The van der Waals surface area contributed by atoms with E-state index in [1.165, 1.54) is 0 Å². The third-order valence-corrected chi connectivity index (χ3v) is 1.92. The fraction of sp³-hybridized carbons (Fsp3) is 0.167. The second-order valence-electron chi connectivity index (χ2n) is 2.93. The van der Waals surface area contributed by atoms with Crippen molar-refractivity contribution in [2.75, 3.05) is 6.61 Å². The van der Waals surface area contributed by atoms with Gasteiger partial charge in [0.15, 0.2) is 0 Å². The fourth-order valence-corrected chi connectivity index (χ4v) is 1.12. The molecule has 0 fully saturated rings. The van der Waals surface area contributed by atoms with Gasteiger partial charge in [0.05, 0.1) is 6.07 Å². The van der Waals surface area contributed by atoms with Gasteiger partial charge in [-0.25, -0.2) is 4.79 Å². The topological polar surface area (TPSA) is 50.1 Å². The zero-order chi connectivity index (χ0) is 11.1. The largest absolute Gasteiger partial charge is 0.461 e. The van der Waals surface area contributed by atoms with Crippen molar-refractivity contribution in [3.63, 3.8) is 0 Å². The van der Waals surface area contributed by atoms with E-state index in [0.717, 1.165) is 11.6 Å². The number of nitrogens with zero attached hydrogens (tertiary/aromatic N) is 1. The number of carbonyl (C=O) groups is 1. The fourth-order valence-electron chi connectivity index (χ4n) is 1.12. The van der Waals surface area contributed by atoms with Crippen LogP contribution in [0.5, 0.6) is 0 Å². The minimum Gasteiger partial charge on any atom is -0.461 e. The predicted octanol–water partition coefficient (Wildman–Crippen LogP) is 2.02. The van der Waals surface area contributed by atoms with E-state index in [4.69, 9.17) is 10.00 Å². The lowest BCUT2D eigenvalue weighted by Crippen LogP contribution is -2.09. The molecule has 0 aliphatic carbocycles. The summed E-state index contributed by atoms with van der Waals surface area (Å²) in [6.45, 7) is 3.34. The van der Waals surface area contributed by atoms with Crippen LogP contribution in [0.15, 0.2) is 43.0 Å². The van der Waals surface area contributed by atoms with Gasteiger partial charge in [-0.15, -0.1) is 0 Å². The van der Waals surface area contributed by atoms with Crippen molar-refractivity contribution < 1.29 is 9.53 Å². The average molecular weight is 201 g/mol. The Hall–Kier alpha value is -2.08.